The number of nitrogens with two attached hydrogens (primary N) is 1. The summed E-state index contributed by atoms with van der Waals surface area (Å²) in [7, 11) is 0. The van der Waals surface area contributed by atoms with E-state index >= 15 is 0 Å². The molecule has 6 nitrogen and oxygen atoms in total. The van der Waals surface area contributed by atoms with Gasteiger partial charge >= 0.3 is 5.97 Å². The van der Waals surface area contributed by atoms with Crippen LogP contribution in [0.5, 0.6) is 0 Å². The van der Waals surface area contributed by atoms with Crippen molar-refractivity contribution in [1.82, 2.24) is 4.90 Å². The van der Waals surface area contributed by atoms with Gasteiger partial charge < -0.3 is 10.5 Å². The monoisotopic (exact) mass is 258 g/mol. The summed E-state index contributed by atoms with van der Waals surface area (Å²) in [6.45, 7) is 7.28. The van der Waals surface area contributed by atoms with Crippen LogP contribution in [0.25, 0.3) is 0 Å². The molecular weight excluding hydrogens is 236 g/mol. The Hall–Kier alpha value is -1.43. The number of rotatable bonds is 8. The Balaban J connectivity index is 4.62. The number of hydrogen-bond donors (Lipinski definition) is 1. The third-order valence-electron chi connectivity index (χ3n) is 2.68. The van der Waals surface area contributed by atoms with Gasteiger partial charge in [0.25, 0.3) is 0 Å². The maximum absolute atomic E-state index is 12.0. The van der Waals surface area contributed by atoms with Crippen molar-refractivity contribution in [2.45, 2.75) is 27.7 Å². The average molecular weight is 258 g/mol. The van der Waals surface area contributed by atoms with Gasteiger partial charge in [-0.05, 0) is 27.3 Å². The number of carbonyl (C=O) groups is 3. The lowest BCUT2D eigenvalue weighted by Gasteiger charge is -2.25. The number of nitrogens with zero attached hydrogens (tertiary/aromatic N) is 1. The van der Waals surface area contributed by atoms with Crippen LogP contribution in [-0.4, -0.2) is 48.8 Å². The summed E-state index contributed by atoms with van der Waals surface area (Å²) in [5.41, 5.74) is 3.87. The first kappa shape index (κ1) is 16.6. The molecule has 0 bridgehead atoms. The first-order chi connectivity index (χ1) is 8.25. The topological polar surface area (TPSA) is 89.7 Å². The van der Waals surface area contributed by atoms with E-state index < -0.39 is 17.3 Å². The van der Waals surface area contributed by atoms with Gasteiger partial charge in [-0.25, -0.2) is 0 Å². The van der Waals surface area contributed by atoms with Crippen molar-refractivity contribution >= 4 is 17.7 Å². The maximum atomic E-state index is 12.0. The van der Waals surface area contributed by atoms with Gasteiger partial charge in [0.05, 0.1) is 19.7 Å². The first-order valence-corrected chi connectivity index (χ1v) is 5.96. The van der Waals surface area contributed by atoms with E-state index in [1.807, 2.05) is 6.92 Å². The van der Waals surface area contributed by atoms with Crippen molar-refractivity contribution in [1.29, 1.82) is 0 Å². The first-order valence-electron chi connectivity index (χ1n) is 5.96. The van der Waals surface area contributed by atoms with Crippen LogP contribution in [0.3, 0.4) is 0 Å². The minimum Gasteiger partial charge on any atom is -0.465 e. The van der Waals surface area contributed by atoms with E-state index in [2.05, 4.69) is 0 Å². The van der Waals surface area contributed by atoms with Crippen molar-refractivity contribution in [3.63, 3.8) is 0 Å². The molecule has 0 saturated carbocycles. The molecule has 0 aliphatic rings. The highest BCUT2D eigenvalue weighted by molar-refractivity contribution is 6.04. The quantitative estimate of drug-likeness (QED) is 0.487. The minimum absolute atomic E-state index is 0.00114. The van der Waals surface area contributed by atoms with Crippen molar-refractivity contribution in [3.8, 4) is 0 Å². The van der Waals surface area contributed by atoms with E-state index in [0.717, 1.165) is 0 Å². The average Bonchev–Trinajstić information content (AvgIpc) is 2.27. The van der Waals surface area contributed by atoms with Crippen LogP contribution >= 0.6 is 0 Å². The normalized spacial score (nSPS) is 11.4. The van der Waals surface area contributed by atoms with E-state index in [9.17, 15) is 14.4 Å². The highest BCUT2D eigenvalue weighted by atomic mass is 16.5. The van der Waals surface area contributed by atoms with E-state index in [0.29, 0.717) is 6.54 Å². The Bertz CT molecular complexity index is 326. The fourth-order valence-electron chi connectivity index (χ4n) is 1.33. The van der Waals surface area contributed by atoms with E-state index in [1.165, 1.54) is 13.8 Å². The summed E-state index contributed by atoms with van der Waals surface area (Å²) in [5.74, 6) is -1.34. The molecule has 0 heterocycles. The largest absolute Gasteiger partial charge is 0.465 e. The number of esters is 1. The number of carbonyl (C=O) groups excluding carboxylic acids is 3. The van der Waals surface area contributed by atoms with Gasteiger partial charge in [0.15, 0.2) is 5.78 Å². The Morgan fingerprint density at radius 1 is 1.17 bits per heavy atom. The van der Waals surface area contributed by atoms with Gasteiger partial charge in [-0.2, -0.15) is 0 Å². The van der Waals surface area contributed by atoms with Crippen molar-refractivity contribution in [2.75, 3.05) is 26.2 Å². The number of likely N-dealkylation sites (N-methyl/N-ethyl adjacent to an activating group) is 1. The molecule has 18 heavy (non-hydrogen) atoms. The van der Waals surface area contributed by atoms with Gasteiger partial charge in [-0.1, -0.05) is 6.92 Å². The fourth-order valence-corrected chi connectivity index (χ4v) is 1.33. The molecule has 0 aromatic carbocycles. The number of Topliss-reactive ketones (excluding diaryl/α,β-unsaturated/α-hetero) is 1. The number of amides is 1. The Morgan fingerprint density at radius 3 is 2.11 bits per heavy atom. The second-order valence-corrected chi connectivity index (χ2v) is 4.54. The van der Waals surface area contributed by atoms with Crippen molar-refractivity contribution in [3.05, 3.63) is 0 Å². The smallest absolute Gasteiger partial charge is 0.319 e. The standard InChI is InChI=1S/C12H22N2O4/c1-5-14(8-10(13)16)7-9(15)12(3,4)11(17)18-6-2/h5-8H2,1-4H3,(H2,13,16). The molecule has 104 valence electrons. The molecule has 0 aliphatic heterocycles. The molecular formula is C12H22N2O4. The van der Waals surface area contributed by atoms with E-state index in [1.54, 1.807) is 11.8 Å². The third kappa shape index (κ3) is 4.83. The van der Waals surface area contributed by atoms with E-state index in [-0.39, 0.29) is 25.5 Å². The number of primary amides is 1. The van der Waals surface area contributed by atoms with Gasteiger partial charge in [0.2, 0.25) is 5.91 Å². The molecule has 0 spiro atoms. The predicted molar refractivity (Wildman–Crippen MR) is 66.7 cm³/mol. The minimum atomic E-state index is -1.21. The molecule has 0 aromatic rings. The lowest BCUT2D eigenvalue weighted by atomic mass is 9.88. The van der Waals surface area contributed by atoms with Crippen molar-refractivity contribution in [2.24, 2.45) is 11.1 Å². The SMILES string of the molecule is CCOC(=O)C(C)(C)C(=O)CN(CC)CC(N)=O. The Morgan fingerprint density at radius 2 is 1.72 bits per heavy atom. The maximum Gasteiger partial charge on any atom is 0.319 e. The zero-order valence-electron chi connectivity index (χ0n) is 11.5. The van der Waals surface area contributed by atoms with Crippen LogP contribution in [0, 0.1) is 5.41 Å². The Kier molecular flexibility index (Phi) is 6.54. The summed E-state index contributed by atoms with van der Waals surface area (Å²) >= 11 is 0. The molecule has 0 fully saturated rings. The summed E-state index contributed by atoms with van der Waals surface area (Å²) in [6, 6.07) is 0. The summed E-state index contributed by atoms with van der Waals surface area (Å²) < 4.78 is 4.85. The van der Waals surface area contributed by atoms with Crippen LogP contribution in [-0.2, 0) is 19.1 Å². The lowest BCUT2D eigenvalue weighted by molar-refractivity contribution is -0.158. The molecule has 2 N–H and O–H groups in total. The molecule has 0 rings (SSSR count). The summed E-state index contributed by atoms with van der Waals surface area (Å²) in [6.07, 6.45) is 0. The van der Waals surface area contributed by atoms with Crippen LogP contribution < -0.4 is 5.73 Å². The van der Waals surface area contributed by atoms with E-state index in [4.69, 9.17) is 10.5 Å². The molecule has 0 aliphatic carbocycles. The van der Waals surface area contributed by atoms with Crippen LogP contribution in [0.15, 0.2) is 0 Å². The third-order valence-corrected chi connectivity index (χ3v) is 2.68. The molecule has 0 aromatic heterocycles. The zero-order valence-corrected chi connectivity index (χ0v) is 11.5. The molecule has 1 amide bonds. The predicted octanol–water partition coefficient (Wildman–Crippen LogP) is -0.0480. The van der Waals surface area contributed by atoms with Gasteiger partial charge in [0, 0.05) is 0 Å². The second kappa shape index (κ2) is 7.10. The van der Waals surface area contributed by atoms with Crippen LogP contribution in [0.1, 0.15) is 27.7 Å². The molecule has 6 heteroatoms. The molecule has 0 saturated heterocycles. The number of ether oxygens (including phenoxy) is 1. The summed E-state index contributed by atoms with van der Waals surface area (Å²) in [5, 5.41) is 0. The zero-order chi connectivity index (χ0) is 14.3. The highest BCUT2D eigenvalue weighted by Gasteiger charge is 2.37. The molecule has 0 unspecified atom stereocenters. The fraction of sp³-hybridized carbons (Fsp3) is 0.750. The number of ketones is 1. The molecule has 0 atom stereocenters. The van der Waals surface area contributed by atoms with Gasteiger partial charge in [-0.3, -0.25) is 19.3 Å². The van der Waals surface area contributed by atoms with Crippen molar-refractivity contribution < 1.29 is 19.1 Å². The summed E-state index contributed by atoms with van der Waals surface area (Å²) in [4.78, 5) is 36.1. The van der Waals surface area contributed by atoms with Gasteiger partial charge in [-0.15, -0.1) is 0 Å². The Labute approximate surface area is 107 Å². The second-order valence-electron chi connectivity index (χ2n) is 4.54. The lowest BCUT2D eigenvalue weighted by Crippen LogP contribution is -2.44. The highest BCUT2D eigenvalue weighted by Crippen LogP contribution is 2.19. The number of hydrogen-bond acceptors (Lipinski definition) is 5. The van der Waals surface area contributed by atoms with Gasteiger partial charge in [0.1, 0.15) is 5.41 Å². The van der Waals surface area contributed by atoms with Crippen LogP contribution in [0.2, 0.25) is 0 Å². The molecule has 0 radical (unpaired) electrons. The van der Waals surface area contributed by atoms with Crippen LogP contribution in [0.4, 0.5) is 0 Å².